The molecule has 74 valence electrons. The van der Waals surface area contributed by atoms with Crippen LogP contribution in [-0.2, 0) is 26.9 Å². The fourth-order valence-corrected chi connectivity index (χ4v) is 0. The predicted molar refractivity (Wildman–Crippen MR) is 26.7 cm³/mol. The van der Waals surface area contributed by atoms with Crippen molar-refractivity contribution in [1.29, 1.82) is 0 Å². The second-order valence-electron chi connectivity index (χ2n) is 1.09. The summed E-state index contributed by atoms with van der Waals surface area (Å²) in [5.41, 5.74) is 0. The van der Waals surface area contributed by atoms with Gasteiger partial charge in [-0.2, -0.15) is 0 Å². The summed E-state index contributed by atoms with van der Waals surface area (Å²) in [7, 11) is -9.50. The molecule has 11 heavy (non-hydrogen) atoms. The SMILES string of the molecule is O=P(O)(O)O.[Ag+].[O-][Si](O)(O)O. The van der Waals surface area contributed by atoms with E-state index < -0.39 is 16.9 Å². The van der Waals surface area contributed by atoms with Gasteiger partial charge in [-0.3, -0.25) is 0 Å². The Hall–Kier alpha value is 0.907. The molecule has 0 fully saturated rings. The molecule has 0 aromatic heterocycles. The van der Waals surface area contributed by atoms with Gasteiger partial charge in [-0.25, -0.2) is 4.57 Å². The van der Waals surface area contributed by atoms with E-state index in [-0.39, 0.29) is 22.4 Å². The van der Waals surface area contributed by atoms with Gasteiger partial charge in [0.05, 0.1) is 0 Å². The van der Waals surface area contributed by atoms with Crippen LogP contribution < -0.4 is 4.80 Å². The van der Waals surface area contributed by atoms with Crippen molar-refractivity contribution in [3.63, 3.8) is 0 Å². The van der Waals surface area contributed by atoms with Gasteiger partial charge in [0.25, 0.3) is 0 Å². The molecule has 0 saturated carbocycles. The van der Waals surface area contributed by atoms with Gasteiger partial charge in [0.1, 0.15) is 0 Å². The number of hydrogen-bond donors (Lipinski definition) is 6. The van der Waals surface area contributed by atoms with E-state index in [1.807, 2.05) is 0 Å². The summed E-state index contributed by atoms with van der Waals surface area (Å²) in [4.78, 5) is 52.1. The van der Waals surface area contributed by atoms with Gasteiger partial charge >= 0.3 is 39.3 Å². The summed E-state index contributed by atoms with van der Waals surface area (Å²) in [6, 6.07) is 0. The van der Waals surface area contributed by atoms with Crippen LogP contribution in [0.15, 0.2) is 0 Å². The molecule has 0 saturated heterocycles. The normalized spacial score (nSPS) is 10.8. The standard InChI is InChI=1S/Ag.H3O4P.H3O4Si/c;2*1-5(2,3)4/h;(H3,1,2,3,4);1-3H/q+1;;-1. The first kappa shape index (κ1) is 17.9. The zero-order valence-corrected chi connectivity index (χ0v) is 8.13. The molecule has 0 spiro atoms. The van der Waals surface area contributed by atoms with Gasteiger partial charge < -0.3 is 33.9 Å². The predicted octanol–water partition coefficient (Wildman–Crippen LogP) is -4.17. The van der Waals surface area contributed by atoms with Crippen molar-refractivity contribution in [2.75, 3.05) is 0 Å². The van der Waals surface area contributed by atoms with Crippen LogP contribution in [0.4, 0.5) is 0 Å². The van der Waals surface area contributed by atoms with Crippen molar-refractivity contribution in [1.82, 2.24) is 0 Å². The van der Waals surface area contributed by atoms with Gasteiger partial charge in [0, 0.05) is 0 Å². The van der Waals surface area contributed by atoms with Gasteiger partial charge in [-0.1, -0.05) is 0 Å². The zero-order chi connectivity index (χ0) is 9.00. The Morgan fingerprint density at radius 2 is 1.09 bits per heavy atom. The molecular weight excluding hydrogens is 295 g/mol. The first-order chi connectivity index (χ1) is 4.00. The van der Waals surface area contributed by atoms with Crippen LogP contribution in [0.2, 0.25) is 0 Å². The third-order valence-corrected chi connectivity index (χ3v) is 0. The topological polar surface area (TPSA) is 162 Å². The van der Waals surface area contributed by atoms with E-state index in [9.17, 15) is 0 Å². The van der Waals surface area contributed by atoms with Crippen LogP contribution in [-0.4, -0.2) is 38.1 Å². The van der Waals surface area contributed by atoms with E-state index in [1.165, 1.54) is 0 Å². The molecule has 0 radical (unpaired) electrons. The van der Waals surface area contributed by atoms with Crippen LogP contribution in [0.5, 0.6) is 0 Å². The van der Waals surface area contributed by atoms with E-state index in [2.05, 4.69) is 0 Å². The van der Waals surface area contributed by atoms with Gasteiger partial charge in [0.15, 0.2) is 0 Å². The smallest absolute Gasteiger partial charge is 0.794 e. The molecule has 0 aliphatic carbocycles. The number of rotatable bonds is 0. The average molecular weight is 301 g/mol. The van der Waals surface area contributed by atoms with Crippen molar-refractivity contribution < 1.29 is 60.8 Å². The molecule has 0 unspecified atom stereocenters. The third kappa shape index (κ3) is 1050. The molecule has 0 atom stereocenters. The van der Waals surface area contributed by atoms with Crippen molar-refractivity contribution in [3.05, 3.63) is 0 Å². The van der Waals surface area contributed by atoms with Crippen LogP contribution in [0.1, 0.15) is 0 Å². The summed E-state index contributed by atoms with van der Waals surface area (Å²) < 4.78 is 8.88. The van der Waals surface area contributed by atoms with Crippen LogP contribution in [0.25, 0.3) is 0 Å². The summed E-state index contributed by atoms with van der Waals surface area (Å²) in [5, 5.41) is 0. The Morgan fingerprint density at radius 1 is 1.09 bits per heavy atom. The first-order valence-electron chi connectivity index (χ1n) is 1.66. The monoisotopic (exact) mass is 300 g/mol. The van der Waals surface area contributed by atoms with Crippen LogP contribution in [0, 0.1) is 0 Å². The van der Waals surface area contributed by atoms with E-state index in [1.54, 1.807) is 0 Å². The maximum atomic E-state index is 8.91. The van der Waals surface area contributed by atoms with Crippen molar-refractivity contribution in [2.24, 2.45) is 0 Å². The molecule has 11 heteroatoms. The van der Waals surface area contributed by atoms with E-state index in [0.29, 0.717) is 0 Å². The maximum absolute atomic E-state index is 8.91. The Labute approximate surface area is 78.0 Å². The molecule has 0 heterocycles. The van der Waals surface area contributed by atoms with Crippen molar-refractivity contribution in [3.8, 4) is 0 Å². The Bertz CT molecular complexity index is 106. The number of hydrogen-bond acceptors (Lipinski definition) is 5. The quantitative estimate of drug-likeness (QED) is 0.194. The van der Waals surface area contributed by atoms with E-state index >= 15 is 0 Å². The summed E-state index contributed by atoms with van der Waals surface area (Å²) >= 11 is 0. The Kier molecular flexibility index (Phi) is 10.4. The minimum atomic E-state index is -4.86. The van der Waals surface area contributed by atoms with Gasteiger partial charge in [-0.05, 0) is 0 Å². The maximum Gasteiger partial charge on any atom is 1.00 e. The minimum absolute atomic E-state index is 0. The minimum Gasteiger partial charge on any atom is -0.794 e. The zero-order valence-electron chi connectivity index (χ0n) is 4.75. The molecule has 0 amide bonds. The molecular formula is H6AgO8PSi. The summed E-state index contributed by atoms with van der Waals surface area (Å²) in [6.45, 7) is 0. The largest absolute Gasteiger partial charge is 1.00 e. The fraction of sp³-hybridized carbons (Fsp3) is 0. The molecule has 0 aliphatic rings. The van der Waals surface area contributed by atoms with Crippen molar-refractivity contribution in [2.45, 2.75) is 0 Å². The summed E-state index contributed by atoms with van der Waals surface area (Å²) in [5.74, 6) is 0. The molecule has 0 aliphatic heterocycles. The number of phosphoric acid groups is 1. The third-order valence-electron chi connectivity index (χ3n) is 0. The summed E-state index contributed by atoms with van der Waals surface area (Å²) in [6.07, 6.45) is 0. The molecule has 8 nitrogen and oxygen atoms in total. The fourth-order valence-electron chi connectivity index (χ4n) is 0. The van der Waals surface area contributed by atoms with E-state index in [4.69, 9.17) is 38.4 Å². The average Bonchev–Trinajstić information content (AvgIpc) is 1.12. The van der Waals surface area contributed by atoms with Crippen LogP contribution >= 0.6 is 7.82 Å². The Balaban J connectivity index is -0.000000107. The van der Waals surface area contributed by atoms with Crippen molar-refractivity contribution >= 4 is 16.9 Å². The van der Waals surface area contributed by atoms with Crippen LogP contribution in [0.3, 0.4) is 0 Å². The molecule has 6 N–H and O–H groups in total. The molecule has 0 bridgehead atoms. The second-order valence-corrected chi connectivity index (χ2v) is 3.26. The molecule has 0 aromatic rings. The van der Waals surface area contributed by atoms with E-state index in [0.717, 1.165) is 0 Å². The van der Waals surface area contributed by atoms with Gasteiger partial charge in [-0.15, -0.1) is 0 Å². The second kappa shape index (κ2) is 6.43. The molecule has 0 rings (SSSR count). The van der Waals surface area contributed by atoms with Gasteiger partial charge in [0.2, 0.25) is 0 Å². The Morgan fingerprint density at radius 3 is 1.09 bits per heavy atom. The first-order valence-corrected chi connectivity index (χ1v) is 4.97. The molecule has 0 aromatic carbocycles.